The number of guanidine groups is 1. The average molecular weight is 318 g/mol. The van der Waals surface area contributed by atoms with Crippen LogP contribution in [0.25, 0.3) is 0 Å². The van der Waals surface area contributed by atoms with Gasteiger partial charge in [0, 0.05) is 33.8 Å². The highest BCUT2D eigenvalue weighted by molar-refractivity contribution is 5.79. The van der Waals surface area contributed by atoms with Crippen LogP contribution in [0.1, 0.15) is 18.4 Å². The maximum atomic E-state index is 5.15. The number of rotatable bonds is 7. The van der Waals surface area contributed by atoms with Crippen molar-refractivity contribution in [3.8, 4) is 0 Å². The SMILES string of the molecule is CN=C(NCc1ccccc1)NCC1CCN(CCOC)CC1. The third-order valence-corrected chi connectivity index (χ3v) is 4.40. The minimum absolute atomic E-state index is 0.726. The molecule has 2 N–H and O–H groups in total. The molecule has 5 heteroatoms. The van der Waals surface area contributed by atoms with E-state index in [0.717, 1.165) is 38.1 Å². The van der Waals surface area contributed by atoms with E-state index in [1.165, 1.54) is 31.5 Å². The standard InChI is InChI=1S/C18H30N4O/c1-19-18(20-14-16-6-4-3-5-7-16)21-15-17-8-10-22(11-9-17)12-13-23-2/h3-7,17H,8-15H2,1-2H3,(H2,19,20,21). The first-order chi connectivity index (χ1) is 11.3. The fourth-order valence-electron chi connectivity index (χ4n) is 2.88. The van der Waals surface area contributed by atoms with Crippen molar-refractivity contribution in [2.24, 2.45) is 10.9 Å². The Morgan fingerprint density at radius 2 is 1.96 bits per heavy atom. The second kappa shape index (κ2) is 10.2. The summed E-state index contributed by atoms with van der Waals surface area (Å²) in [5.74, 6) is 1.61. The first-order valence-corrected chi connectivity index (χ1v) is 8.51. The third kappa shape index (κ3) is 6.59. The van der Waals surface area contributed by atoms with Gasteiger partial charge in [-0.2, -0.15) is 0 Å². The van der Waals surface area contributed by atoms with Crippen molar-refractivity contribution in [2.45, 2.75) is 19.4 Å². The normalized spacial score (nSPS) is 17.2. The molecule has 5 nitrogen and oxygen atoms in total. The second-order valence-electron chi connectivity index (χ2n) is 6.07. The monoisotopic (exact) mass is 318 g/mol. The predicted molar refractivity (Wildman–Crippen MR) is 95.7 cm³/mol. The van der Waals surface area contributed by atoms with E-state index >= 15 is 0 Å². The minimum Gasteiger partial charge on any atom is -0.383 e. The van der Waals surface area contributed by atoms with Gasteiger partial charge in [0.2, 0.25) is 0 Å². The number of likely N-dealkylation sites (tertiary alicyclic amines) is 1. The predicted octanol–water partition coefficient (Wildman–Crippen LogP) is 1.71. The number of benzene rings is 1. The van der Waals surface area contributed by atoms with E-state index in [0.29, 0.717) is 0 Å². The molecule has 1 aliphatic rings. The van der Waals surface area contributed by atoms with Crippen molar-refractivity contribution in [2.75, 3.05) is 46.9 Å². The number of nitrogens with zero attached hydrogens (tertiary/aromatic N) is 2. The molecule has 0 spiro atoms. The molecule has 1 aromatic rings. The van der Waals surface area contributed by atoms with Crippen LogP contribution in [0.15, 0.2) is 35.3 Å². The van der Waals surface area contributed by atoms with Crippen molar-refractivity contribution < 1.29 is 4.74 Å². The molecule has 1 heterocycles. The van der Waals surface area contributed by atoms with Crippen LogP contribution in [-0.2, 0) is 11.3 Å². The Kier molecular flexibility index (Phi) is 7.90. The van der Waals surface area contributed by atoms with Crippen molar-refractivity contribution in [1.29, 1.82) is 0 Å². The molecule has 1 saturated heterocycles. The van der Waals surface area contributed by atoms with Gasteiger partial charge in [-0.15, -0.1) is 0 Å². The van der Waals surface area contributed by atoms with Crippen LogP contribution in [0.4, 0.5) is 0 Å². The summed E-state index contributed by atoms with van der Waals surface area (Å²) in [6.07, 6.45) is 2.48. The average Bonchev–Trinajstić information content (AvgIpc) is 2.62. The summed E-state index contributed by atoms with van der Waals surface area (Å²) >= 11 is 0. The third-order valence-electron chi connectivity index (χ3n) is 4.40. The molecule has 1 aliphatic heterocycles. The summed E-state index contributed by atoms with van der Waals surface area (Å²) in [5.41, 5.74) is 1.27. The minimum atomic E-state index is 0.726. The lowest BCUT2D eigenvalue weighted by Crippen LogP contribution is -2.43. The highest BCUT2D eigenvalue weighted by atomic mass is 16.5. The second-order valence-corrected chi connectivity index (χ2v) is 6.07. The molecular weight excluding hydrogens is 288 g/mol. The van der Waals surface area contributed by atoms with Crippen LogP contribution < -0.4 is 10.6 Å². The molecule has 1 aromatic carbocycles. The molecule has 1 fully saturated rings. The van der Waals surface area contributed by atoms with Crippen LogP contribution in [0, 0.1) is 5.92 Å². The van der Waals surface area contributed by atoms with Gasteiger partial charge in [-0.05, 0) is 37.4 Å². The summed E-state index contributed by atoms with van der Waals surface area (Å²) in [6, 6.07) is 10.4. The van der Waals surface area contributed by atoms with E-state index in [1.807, 2.05) is 13.1 Å². The van der Waals surface area contributed by atoms with Crippen molar-refractivity contribution in [3.05, 3.63) is 35.9 Å². The Hall–Kier alpha value is -1.59. The van der Waals surface area contributed by atoms with Crippen LogP contribution in [0.3, 0.4) is 0 Å². The van der Waals surface area contributed by atoms with E-state index < -0.39 is 0 Å². The van der Waals surface area contributed by atoms with E-state index in [4.69, 9.17) is 4.74 Å². The first kappa shape index (κ1) is 17.8. The van der Waals surface area contributed by atoms with Gasteiger partial charge in [-0.25, -0.2) is 0 Å². The maximum Gasteiger partial charge on any atom is 0.191 e. The topological polar surface area (TPSA) is 48.9 Å². The molecule has 23 heavy (non-hydrogen) atoms. The molecule has 2 rings (SSSR count). The quantitative estimate of drug-likeness (QED) is 0.593. The number of hydrogen-bond acceptors (Lipinski definition) is 3. The molecule has 0 bridgehead atoms. The van der Waals surface area contributed by atoms with Crippen LogP contribution in [0.5, 0.6) is 0 Å². The Bertz CT molecular complexity index is 455. The maximum absolute atomic E-state index is 5.15. The number of ether oxygens (including phenoxy) is 1. The highest BCUT2D eigenvalue weighted by Crippen LogP contribution is 2.15. The summed E-state index contributed by atoms with van der Waals surface area (Å²) in [6.45, 7) is 6.02. The van der Waals surface area contributed by atoms with Gasteiger partial charge in [0.25, 0.3) is 0 Å². The van der Waals surface area contributed by atoms with Crippen LogP contribution >= 0.6 is 0 Å². The lowest BCUT2D eigenvalue weighted by Gasteiger charge is -2.32. The van der Waals surface area contributed by atoms with Gasteiger partial charge in [0.15, 0.2) is 5.96 Å². The first-order valence-electron chi connectivity index (χ1n) is 8.51. The fourth-order valence-corrected chi connectivity index (χ4v) is 2.88. The van der Waals surface area contributed by atoms with Crippen molar-refractivity contribution >= 4 is 5.96 Å². The molecule has 0 radical (unpaired) electrons. The van der Waals surface area contributed by atoms with Crippen molar-refractivity contribution in [3.63, 3.8) is 0 Å². The molecule has 0 amide bonds. The number of methoxy groups -OCH3 is 1. The van der Waals surface area contributed by atoms with Crippen LogP contribution in [-0.4, -0.2) is 57.8 Å². The Morgan fingerprint density at radius 1 is 1.22 bits per heavy atom. The fraction of sp³-hybridized carbons (Fsp3) is 0.611. The molecular formula is C18H30N4O. The molecule has 0 atom stereocenters. The van der Waals surface area contributed by atoms with Crippen LogP contribution in [0.2, 0.25) is 0 Å². The lowest BCUT2D eigenvalue weighted by atomic mass is 9.97. The van der Waals surface area contributed by atoms with E-state index in [9.17, 15) is 0 Å². The lowest BCUT2D eigenvalue weighted by molar-refractivity contribution is 0.121. The largest absolute Gasteiger partial charge is 0.383 e. The summed E-state index contributed by atoms with van der Waals surface area (Å²) in [4.78, 5) is 6.80. The van der Waals surface area contributed by atoms with E-state index in [2.05, 4.69) is 44.8 Å². The van der Waals surface area contributed by atoms with E-state index in [-0.39, 0.29) is 0 Å². The van der Waals surface area contributed by atoms with Gasteiger partial charge in [0.1, 0.15) is 0 Å². The molecule has 0 saturated carbocycles. The molecule has 128 valence electrons. The Morgan fingerprint density at radius 3 is 2.61 bits per heavy atom. The highest BCUT2D eigenvalue weighted by Gasteiger charge is 2.18. The van der Waals surface area contributed by atoms with Gasteiger partial charge in [-0.1, -0.05) is 30.3 Å². The Labute approximate surface area is 140 Å². The van der Waals surface area contributed by atoms with Gasteiger partial charge < -0.3 is 20.3 Å². The van der Waals surface area contributed by atoms with E-state index in [1.54, 1.807) is 7.11 Å². The van der Waals surface area contributed by atoms with Gasteiger partial charge >= 0.3 is 0 Å². The number of aliphatic imine (C=N–C) groups is 1. The Balaban J connectivity index is 1.64. The molecule has 0 aromatic heterocycles. The summed E-state index contributed by atoms with van der Waals surface area (Å²) < 4.78 is 5.15. The zero-order valence-corrected chi connectivity index (χ0v) is 14.4. The number of piperidine rings is 1. The van der Waals surface area contributed by atoms with Gasteiger partial charge in [0.05, 0.1) is 6.61 Å². The zero-order chi connectivity index (χ0) is 16.3. The zero-order valence-electron chi connectivity index (χ0n) is 14.4. The smallest absolute Gasteiger partial charge is 0.191 e. The summed E-state index contributed by atoms with van der Waals surface area (Å²) in [7, 11) is 3.60. The van der Waals surface area contributed by atoms with Crippen molar-refractivity contribution in [1.82, 2.24) is 15.5 Å². The number of hydrogen-bond donors (Lipinski definition) is 2. The molecule has 0 unspecified atom stereocenters. The van der Waals surface area contributed by atoms with Gasteiger partial charge in [-0.3, -0.25) is 4.99 Å². The molecule has 0 aliphatic carbocycles. The summed E-state index contributed by atoms with van der Waals surface area (Å²) in [5, 5.41) is 6.84. The number of nitrogens with one attached hydrogen (secondary N) is 2.